The Kier molecular flexibility index (Phi) is 3.35. The molecule has 1 aromatic rings. The van der Waals surface area contributed by atoms with Crippen LogP contribution in [0.4, 0.5) is 0 Å². The second-order valence-corrected chi connectivity index (χ2v) is 11.0. The van der Waals surface area contributed by atoms with Crippen molar-refractivity contribution in [2.75, 3.05) is 14.2 Å². The fourth-order valence-electron chi connectivity index (χ4n) is 3.16. The monoisotopic (exact) mass is 308 g/mol. The number of methoxy groups -OCH3 is 2. The third-order valence-corrected chi connectivity index (χ3v) is 8.21. The molecule has 2 heterocycles. The van der Waals surface area contributed by atoms with Crippen LogP contribution in [-0.4, -0.2) is 28.6 Å². The zero-order chi connectivity index (χ0) is 15.4. The largest absolute Gasteiger partial charge is 0.456 e. The molecule has 2 aliphatic rings. The minimum Gasteiger partial charge on any atom is -0.456 e. The summed E-state index contributed by atoms with van der Waals surface area (Å²) in [6, 6.07) is 1.02. The standard InChI is InChI=1S/C15H20O5Si/c1-6-21(4,5)13-8(7-16)11-12-9(14(17-2)19-11)10(13)15(18-3)20-12/h7,14-15H,6H2,1-5H3. The molecule has 0 aliphatic carbocycles. The first-order valence-corrected chi connectivity index (χ1v) is 10.3. The number of hydrogen-bond donors (Lipinski definition) is 0. The van der Waals surface area contributed by atoms with E-state index in [9.17, 15) is 4.79 Å². The highest BCUT2D eigenvalue weighted by Gasteiger charge is 2.48. The maximum Gasteiger partial charge on any atom is 0.230 e. The smallest absolute Gasteiger partial charge is 0.230 e. The molecule has 5 nitrogen and oxygen atoms in total. The van der Waals surface area contributed by atoms with E-state index in [0.29, 0.717) is 17.1 Å². The second-order valence-electron chi connectivity index (χ2n) is 6.00. The lowest BCUT2D eigenvalue weighted by atomic mass is 10.0. The summed E-state index contributed by atoms with van der Waals surface area (Å²) in [7, 11) is 1.40. The van der Waals surface area contributed by atoms with E-state index < -0.39 is 20.7 Å². The van der Waals surface area contributed by atoms with Crippen LogP contribution in [0.2, 0.25) is 19.1 Å². The zero-order valence-electron chi connectivity index (χ0n) is 13.0. The molecule has 0 amide bonds. The van der Waals surface area contributed by atoms with Crippen LogP contribution in [0, 0.1) is 0 Å². The maximum absolute atomic E-state index is 11.7. The van der Waals surface area contributed by atoms with Crippen molar-refractivity contribution in [3.8, 4) is 11.5 Å². The van der Waals surface area contributed by atoms with Gasteiger partial charge < -0.3 is 18.9 Å². The van der Waals surface area contributed by atoms with Crippen molar-refractivity contribution in [1.29, 1.82) is 0 Å². The number of carbonyl (C=O) groups is 1. The summed E-state index contributed by atoms with van der Waals surface area (Å²) in [6.07, 6.45) is -0.109. The first-order chi connectivity index (χ1) is 10.00. The highest BCUT2D eigenvalue weighted by atomic mass is 28.3. The maximum atomic E-state index is 11.7. The summed E-state index contributed by atoms with van der Waals surface area (Å²) < 4.78 is 22.5. The van der Waals surface area contributed by atoms with E-state index in [1.54, 1.807) is 14.2 Å². The van der Waals surface area contributed by atoms with Gasteiger partial charge in [0.25, 0.3) is 0 Å². The van der Waals surface area contributed by atoms with Crippen LogP contribution in [0.5, 0.6) is 11.5 Å². The normalized spacial score (nSPS) is 22.1. The fraction of sp³-hybridized carbons (Fsp3) is 0.533. The molecule has 0 aromatic heterocycles. The molecule has 1 aromatic carbocycles. The van der Waals surface area contributed by atoms with Gasteiger partial charge in [0.1, 0.15) is 0 Å². The lowest BCUT2D eigenvalue weighted by molar-refractivity contribution is -0.0621. The van der Waals surface area contributed by atoms with Crippen LogP contribution in [0.1, 0.15) is 41.0 Å². The average Bonchev–Trinajstić information content (AvgIpc) is 2.92. The minimum absolute atomic E-state index is 0.475. The summed E-state index contributed by atoms with van der Waals surface area (Å²) in [4.78, 5) is 11.7. The van der Waals surface area contributed by atoms with Crippen molar-refractivity contribution in [1.82, 2.24) is 0 Å². The molecule has 0 N–H and O–H groups in total. The van der Waals surface area contributed by atoms with Crippen molar-refractivity contribution >= 4 is 19.5 Å². The van der Waals surface area contributed by atoms with Crippen molar-refractivity contribution < 1.29 is 23.7 Å². The van der Waals surface area contributed by atoms with Crippen LogP contribution >= 0.6 is 0 Å². The number of hydrogen-bond acceptors (Lipinski definition) is 5. The molecule has 3 rings (SSSR count). The van der Waals surface area contributed by atoms with Crippen LogP contribution in [0.15, 0.2) is 0 Å². The van der Waals surface area contributed by atoms with Gasteiger partial charge in [-0.1, -0.05) is 26.1 Å². The minimum atomic E-state index is -1.80. The number of rotatable bonds is 5. The molecule has 114 valence electrons. The van der Waals surface area contributed by atoms with Crippen LogP contribution in [-0.2, 0) is 9.47 Å². The molecule has 2 unspecified atom stereocenters. The van der Waals surface area contributed by atoms with Gasteiger partial charge in [-0.2, -0.15) is 0 Å². The molecular weight excluding hydrogens is 288 g/mol. The fourth-order valence-corrected chi connectivity index (χ4v) is 5.39. The van der Waals surface area contributed by atoms with E-state index in [0.717, 1.165) is 28.6 Å². The molecule has 21 heavy (non-hydrogen) atoms. The molecule has 0 saturated heterocycles. The average molecular weight is 308 g/mol. The first-order valence-electron chi connectivity index (χ1n) is 7.08. The molecule has 4 bridgehead atoms. The van der Waals surface area contributed by atoms with Gasteiger partial charge in [0.05, 0.1) is 19.2 Å². The van der Waals surface area contributed by atoms with E-state index in [1.165, 1.54) is 0 Å². The molecule has 2 atom stereocenters. The van der Waals surface area contributed by atoms with Crippen LogP contribution in [0.3, 0.4) is 0 Å². The van der Waals surface area contributed by atoms with E-state index in [1.807, 2.05) is 0 Å². The Balaban J connectivity index is 2.35. The molecule has 0 spiro atoms. The molecule has 2 aliphatic heterocycles. The van der Waals surface area contributed by atoms with E-state index in [-0.39, 0.29) is 0 Å². The van der Waals surface area contributed by atoms with Crippen molar-refractivity contribution in [3.63, 3.8) is 0 Å². The number of benzene rings is 1. The first kappa shape index (κ1) is 14.6. The van der Waals surface area contributed by atoms with Gasteiger partial charge in [-0.3, -0.25) is 4.79 Å². The molecule has 0 fully saturated rings. The van der Waals surface area contributed by atoms with Gasteiger partial charge in [0.15, 0.2) is 17.8 Å². The van der Waals surface area contributed by atoms with E-state index >= 15 is 0 Å². The van der Waals surface area contributed by atoms with Gasteiger partial charge in [0, 0.05) is 19.8 Å². The Hall–Kier alpha value is -1.37. The third kappa shape index (κ3) is 1.79. The summed E-state index contributed by atoms with van der Waals surface area (Å²) >= 11 is 0. The van der Waals surface area contributed by atoms with Crippen LogP contribution in [0.25, 0.3) is 0 Å². The van der Waals surface area contributed by atoms with Crippen molar-refractivity contribution in [2.24, 2.45) is 0 Å². The molecule has 0 radical (unpaired) electrons. The number of aldehydes is 1. The topological polar surface area (TPSA) is 54.0 Å². The van der Waals surface area contributed by atoms with Gasteiger partial charge in [-0.25, -0.2) is 0 Å². The van der Waals surface area contributed by atoms with Crippen LogP contribution < -0.4 is 14.7 Å². The highest BCUT2D eigenvalue weighted by molar-refractivity contribution is 6.90. The Morgan fingerprint density at radius 3 is 2.19 bits per heavy atom. The predicted molar refractivity (Wildman–Crippen MR) is 80.2 cm³/mol. The Morgan fingerprint density at radius 2 is 1.67 bits per heavy atom. The SMILES string of the molecule is CC[Si](C)(C)c1c(C=O)c2c3c(c1C(OC)O3)C(OC)O2. The molecule has 0 saturated carbocycles. The van der Waals surface area contributed by atoms with Gasteiger partial charge >= 0.3 is 0 Å². The molecular formula is C15H20O5Si. The highest BCUT2D eigenvalue weighted by Crippen LogP contribution is 2.55. The summed E-state index contributed by atoms with van der Waals surface area (Å²) in [5.41, 5.74) is 2.46. The Bertz CT molecular complexity index is 611. The third-order valence-electron chi connectivity index (χ3n) is 4.55. The van der Waals surface area contributed by atoms with Gasteiger partial charge in [-0.15, -0.1) is 0 Å². The summed E-state index contributed by atoms with van der Waals surface area (Å²) in [5.74, 6) is 1.12. The van der Waals surface area contributed by atoms with Crippen molar-refractivity contribution in [2.45, 2.75) is 38.6 Å². The summed E-state index contributed by atoms with van der Waals surface area (Å²) in [6.45, 7) is 6.65. The number of carbonyl (C=O) groups excluding carboxylic acids is 1. The van der Waals surface area contributed by atoms with Gasteiger partial charge in [-0.05, 0) is 5.19 Å². The Morgan fingerprint density at radius 1 is 1.10 bits per heavy atom. The lowest BCUT2D eigenvalue weighted by Gasteiger charge is -2.25. The lowest BCUT2D eigenvalue weighted by Crippen LogP contribution is -2.45. The Labute approximate surface area is 125 Å². The quantitative estimate of drug-likeness (QED) is 0.618. The zero-order valence-corrected chi connectivity index (χ0v) is 14.0. The second kappa shape index (κ2) is 4.83. The van der Waals surface area contributed by atoms with Gasteiger partial charge in [0.2, 0.25) is 12.6 Å². The van der Waals surface area contributed by atoms with Crippen molar-refractivity contribution in [3.05, 3.63) is 16.7 Å². The number of ether oxygens (including phenoxy) is 4. The molecule has 6 heteroatoms. The predicted octanol–water partition coefficient (Wildman–Crippen LogP) is 2.51. The summed E-state index contributed by atoms with van der Waals surface area (Å²) in [5, 5.41) is 1.08. The van der Waals surface area contributed by atoms with E-state index in [2.05, 4.69) is 20.0 Å². The van der Waals surface area contributed by atoms with E-state index in [4.69, 9.17) is 18.9 Å².